The Morgan fingerprint density at radius 2 is 1.75 bits per heavy atom. The van der Waals surface area contributed by atoms with E-state index in [0.717, 1.165) is 39.1 Å². The lowest BCUT2D eigenvalue weighted by atomic mass is 10.1. The second-order valence-electron chi connectivity index (χ2n) is 6.99. The van der Waals surface area contributed by atoms with E-state index < -0.39 is 10.0 Å². The number of likely N-dealkylation sites (N-methyl/N-ethyl adjacent to an activating group) is 1. The van der Waals surface area contributed by atoms with Crippen molar-refractivity contribution in [3.63, 3.8) is 0 Å². The summed E-state index contributed by atoms with van der Waals surface area (Å²) in [5.74, 6) is 0.251. The molecule has 1 N–H and O–H groups in total. The van der Waals surface area contributed by atoms with E-state index in [4.69, 9.17) is 16.3 Å². The number of sulfonamides is 1. The SMILES string of the molecule is COc1ccc(Cl)cc1S(=O)(=O)Nc1ccc(CCN2CCN(C)CC2)cc1. The van der Waals surface area contributed by atoms with Gasteiger partial charge in [0.15, 0.2) is 0 Å². The normalized spacial score (nSPS) is 16.1. The second-order valence-corrected chi connectivity index (χ2v) is 9.08. The van der Waals surface area contributed by atoms with E-state index in [-0.39, 0.29) is 10.6 Å². The Morgan fingerprint density at radius 3 is 2.39 bits per heavy atom. The van der Waals surface area contributed by atoms with Gasteiger partial charge in [-0.25, -0.2) is 8.42 Å². The first-order valence-electron chi connectivity index (χ1n) is 9.23. The third-order valence-electron chi connectivity index (χ3n) is 4.93. The zero-order chi connectivity index (χ0) is 20.1. The minimum absolute atomic E-state index is 0.0154. The van der Waals surface area contributed by atoms with Crippen LogP contribution >= 0.6 is 11.6 Å². The Bertz CT molecular complexity index is 895. The van der Waals surface area contributed by atoms with Gasteiger partial charge in [-0.05, 0) is 49.4 Å². The average Bonchev–Trinajstić information content (AvgIpc) is 2.68. The van der Waals surface area contributed by atoms with E-state index in [9.17, 15) is 8.42 Å². The summed E-state index contributed by atoms with van der Waals surface area (Å²) in [6.07, 6.45) is 0.943. The molecule has 0 spiro atoms. The lowest BCUT2D eigenvalue weighted by Crippen LogP contribution is -2.45. The molecular weight excluding hydrogens is 398 g/mol. The number of nitrogens with zero attached hydrogens (tertiary/aromatic N) is 2. The van der Waals surface area contributed by atoms with Crippen molar-refractivity contribution in [1.29, 1.82) is 0 Å². The maximum Gasteiger partial charge on any atom is 0.265 e. The van der Waals surface area contributed by atoms with Gasteiger partial charge in [-0.2, -0.15) is 0 Å². The van der Waals surface area contributed by atoms with E-state index in [1.807, 2.05) is 12.1 Å². The van der Waals surface area contributed by atoms with Crippen molar-refractivity contribution < 1.29 is 13.2 Å². The van der Waals surface area contributed by atoms with Crippen LogP contribution in [-0.4, -0.2) is 65.1 Å². The number of rotatable bonds is 7. The number of piperazine rings is 1. The molecule has 1 fully saturated rings. The highest BCUT2D eigenvalue weighted by atomic mass is 35.5. The van der Waals surface area contributed by atoms with Crippen molar-refractivity contribution in [3.8, 4) is 5.75 Å². The van der Waals surface area contributed by atoms with Crippen LogP contribution in [-0.2, 0) is 16.4 Å². The number of hydrogen-bond donors (Lipinski definition) is 1. The molecule has 3 rings (SSSR count). The van der Waals surface area contributed by atoms with Gasteiger partial charge >= 0.3 is 0 Å². The highest BCUT2D eigenvalue weighted by Crippen LogP contribution is 2.28. The summed E-state index contributed by atoms with van der Waals surface area (Å²) < 4.78 is 33.2. The Hall–Kier alpha value is -1.80. The van der Waals surface area contributed by atoms with Crippen LogP contribution in [0.3, 0.4) is 0 Å². The van der Waals surface area contributed by atoms with E-state index in [0.29, 0.717) is 10.7 Å². The number of nitrogens with one attached hydrogen (secondary N) is 1. The maximum atomic E-state index is 12.7. The van der Waals surface area contributed by atoms with E-state index in [1.54, 1.807) is 24.3 Å². The maximum absolute atomic E-state index is 12.7. The molecule has 0 amide bonds. The van der Waals surface area contributed by atoms with Gasteiger partial charge in [0.1, 0.15) is 10.6 Å². The second kappa shape index (κ2) is 9.13. The topological polar surface area (TPSA) is 61.9 Å². The molecule has 0 aliphatic carbocycles. The molecule has 0 atom stereocenters. The minimum Gasteiger partial charge on any atom is -0.495 e. The summed E-state index contributed by atoms with van der Waals surface area (Å²) in [5.41, 5.74) is 1.69. The van der Waals surface area contributed by atoms with Crippen LogP contribution < -0.4 is 9.46 Å². The number of methoxy groups -OCH3 is 1. The number of ether oxygens (including phenoxy) is 1. The molecule has 1 aliphatic heterocycles. The van der Waals surface area contributed by atoms with Crippen LogP contribution in [0.5, 0.6) is 5.75 Å². The van der Waals surface area contributed by atoms with Crippen LogP contribution in [0.15, 0.2) is 47.4 Å². The minimum atomic E-state index is -3.80. The van der Waals surface area contributed by atoms with Crippen molar-refractivity contribution in [2.24, 2.45) is 0 Å². The van der Waals surface area contributed by atoms with Gasteiger partial charge < -0.3 is 14.5 Å². The molecule has 152 valence electrons. The lowest BCUT2D eigenvalue weighted by molar-refractivity contribution is 0.155. The quantitative estimate of drug-likeness (QED) is 0.741. The Labute approximate surface area is 172 Å². The van der Waals surface area contributed by atoms with Gasteiger partial charge in [-0.1, -0.05) is 23.7 Å². The van der Waals surface area contributed by atoms with Gasteiger partial charge in [0, 0.05) is 43.4 Å². The molecule has 1 heterocycles. The van der Waals surface area contributed by atoms with Crippen molar-refractivity contribution in [2.75, 3.05) is 51.6 Å². The third-order valence-corrected chi connectivity index (χ3v) is 6.57. The fourth-order valence-corrected chi connectivity index (χ4v) is 4.66. The van der Waals surface area contributed by atoms with Crippen molar-refractivity contribution in [1.82, 2.24) is 9.80 Å². The molecule has 0 saturated carbocycles. The van der Waals surface area contributed by atoms with Crippen molar-refractivity contribution in [2.45, 2.75) is 11.3 Å². The first-order chi connectivity index (χ1) is 13.4. The summed E-state index contributed by atoms with van der Waals surface area (Å²) >= 11 is 5.96. The lowest BCUT2D eigenvalue weighted by Gasteiger charge is -2.32. The Morgan fingerprint density at radius 1 is 1.07 bits per heavy atom. The summed E-state index contributed by atoms with van der Waals surface area (Å²) in [6.45, 7) is 5.41. The third kappa shape index (κ3) is 5.38. The van der Waals surface area contributed by atoms with Gasteiger partial charge in [-0.15, -0.1) is 0 Å². The summed E-state index contributed by atoms with van der Waals surface area (Å²) in [5, 5.41) is 0.334. The summed E-state index contributed by atoms with van der Waals surface area (Å²) in [6, 6.07) is 12.0. The molecule has 28 heavy (non-hydrogen) atoms. The fourth-order valence-electron chi connectivity index (χ4n) is 3.17. The molecule has 8 heteroatoms. The average molecular weight is 424 g/mol. The van der Waals surface area contributed by atoms with E-state index in [1.165, 1.54) is 18.7 Å². The zero-order valence-corrected chi connectivity index (χ0v) is 17.8. The molecule has 0 radical (unpaired) electrons. The monoisotopic (exact) mass is 423 g/mol. The number of halogens is 1. The van der Waals surface area contributed by atoms with E-state index in [2.05, 4.69) is 21.6 Å². The van der Waals surface area contributed by atoms with Crippen LogP contribution in [0.2, 0.25) is 5.02 Å². The van der Waals surface area contributed by atoms with Crippen LogP contribution in [0, 0.1) is 0 Å². The van der Waals surface area contributed by atoms with E-state index >= 15 is 0 Å². The van der Waals surface area contributed by atoms with Gasteiger partial charge in [-0.3, -0.25) is 4.72 Å². The Kier molecular flexibility index (Phi) is 6.82. The molecule has 2 aromatic carbocycles. The molecule has 6 nitrogen and oxygen atoms in total. The van der Waals surface area contributed by atoms with Gasteiger partial charge in [0.05, 0.1) is 7.11 Å². The number of benzene rings is 2. The fraction of sp³-hybridized carbons (Fsp3) is 0.400. The van der Waals surface area contributed by atoms with Crippen LogP contribution in [0.1, 0.15) is 5.56 Å². The van der Waals surface area contributed by atoms with Crippen LogP contribution in [0.25, 0.3) is 0 Å². The molecule has 1 saturated heterocycles. The molecular formula is C20H26ClN3O3S. The van der Waals surface area contributed by atoms with Crippen molar-refractivity contribution in [3.05, 3.63) is 53.1 Å². The number of hydrogen-bond acceptors (Lipinski definition) is 5. The predicted molar refractivity (Wildman–Crippen MR) is 113 cm³/mol. The standard InChI is InChI=1S/C20H26ClN3O3S/c1-23-11-13-24(14-12-23)10-9-16-3-6-18(7-4-16)22-28(25,26)20-15-17(21)5-8-19(20)27-2/h3-8,15,22H,9-14H2,1-2H3. The molecule has 1 aliphatic rings. The molecule has 0 aromatic heterocycles. The summed E-state index contributed by atoms with van der Waals surface area (Å²) in [7, 11) is -0.222. The highest BCUT2D eigenvalue weighted by Gasteiger charge is 2.20. The molecule has 0 bridgehead atoms. The van der Waals surface area contributed by atoms with Gasteiger partial charge in [0.2, 0.25) is 0 Å². The first kappa shape index (κ1) is 20.9. The molecule has 0 unspecified atom stereocenters. The van der Waals surface area contributed by atoms with Crippen LogP contribution in [0.4, 0.5) is 5.69 Å². The smallest absolute Gasteiger partial charge is 0.265 e. The number of anilines is 1. The molecule has 2 aromatic rings. The summed E-state index contributed by atoms with van der Waals surface area (Å²) in [4.78, 5) is 4.82. The Balaban J connectivity index is 1.63. The highest BCUT2D eigenvalue weighted by molar-refractivity contribution is 7.92. The zero-order valence-electron chi connectivity index (χ0n) is 16.2. The van der Waals surface area contributed by atoms with Gasteiger partial charge in [0.25, 0.3) is 10.0 Å². The van der Waals surface area contributed by atoms with Crippen molar-refractivity contribution >= 4 is 27.3 Å². The largest absolute Gasteiger partial charge is 0.495 e. The first-order valence-corrected chi connectivity index (χ1v) is 11.1. The predicted octanol–water partition coefficient (Wildman–Crippen LogP) is 2.94.